The molecule has 0 heterocycles. The molecule has 1 unspecified atom stereocenters. The number of nitrogens with one attached hydrogen (secondary N) is 2. The predicted molar refractivity (Wildman–Crippen MR) is 97.0 cm³/mol. The zero-order valence-corrected chi connectivity index (χ0v) is 16.0. The van der Waals surface area contributed by atoms with E-state index >= 15 is 0 Å². The number of rotatable bonds is 7. The van der Waals surface area contributed by atoms with E-state index in [0.29, 0.717) is 12.0 Å². The summed E-state index contributed by atoms with van der Waals surface area (Å²) in [5.74, 6) is 2.76. The van der Waals surface area contributed by atoms with E-state index < -0.39 is 12.1 Å². The van der Waals surface area contributed by atoms with Crippen molar-refractivity contribution in [3.63, 3.8) is 0 Å². The molecule has 1 atom stereocenters. The lowest BCUT2D eigenvalue weighted by Gasteiger charge is -2.57. The van der Waals surface area contributed by atoms with E-state index in [1.165, 1.54) is 38.5 Å². The van der Waals surface area contributed by atoms with Crippen LogP contribution in [0.1, 0.15) is 65.7 Å². The van der Waals surface area contributed by atoms with E-state index in [9.17, 15) is 9.59 Å². The summed E-state index contributed by atoms with van der Waals surface area (Å²) in [5, 5.41) is 5.77. The van der Waals surface area contributed by atoms with Crippen LogP contribution in [0, 0.1) is 29.1 Å². The van der Waals surface area contributed by atoms with Crippen molar-refractivity contribution in [2.75, 3.05) is 13.2 Å². The molecule has 4 aliphatic carbocycles. The van der Waals surface area contributed by atoms with E-state index in [1.54, 1.807) is 6.92 Å². The van der Waals surface area contributed by atoms with Crippen LogP contribution in [-0.2, 0) is 9.53 Å². The minimum atomic E-state index is -0.532. The Hall–Kier alpha value is -1.26. The van der Waals surface area contributed by atoms with Crippen molar-refractivity contribution in [1.29, 1.82) is 0 Å². The van der Waals surface area contributed by atoms with Crippen LogP contribution in [0.4, 0.5) is 4.79 Å². The average Bonchev–Trinajstić information content (AvgIpc) is 2.51. The third-order valence-corrected chi connectivity index (χ3v) is 6.62. The van der Waals surface area contributed by atoms with Crippen molar-refractivity contribution < 1.29 is 14.3 Å². The van der Waals surface area contributed by atoms with Crippen LogP contribution in [0.3, 0.4) is 0 Å². The van der Waals surface area contributed by atoms with Gasteiger partial charge in [0.1, 0.15) is 6.04 Å². The first kappa shape index (κ1) is 18.5. The van der Waals surface area contributed by atoms with Crippen molar-refractivity contribution >= 4 is 12.0 Å². The van der Waals surface area contributed by atoms with Gasteiger partial charge in [0.25, 0.3) is 0 Å². The van der Waals surface area contributed by atoms with Gasteiger partial charge in [0.15, 0.2) is 0 Å². The van der Waals surface area contributed by atoms with Crippen molar-refractivity contribution in [3.8, 4) is 0 Å². The van der Waals surface area contributed by atoms with Gasteiger partial charge in [0, 0.05) is 6.54 Å². The van der Waals surface area contributed by atoms with Gasteiger partial charge in [-0.25, -0.2) is 4.79 Å². The topological polar surface area (TPSA) is 67.4 Å². The lowest BCUT2D eigenvalue weighted by molar-refractivity contribution is -0.124. The molecule has 0 aromatic rings. The number of ether oxygens (including phenoxy) is 1. The molecule has 5 heteroatoms. The molecule has 0 aromatic heterocycles. The summed E-state index contributed by atoms with van der Waals surface area (Å²) in [5.41, 5.74) is 0.476. The third kappa shape index (κ3) is 4.29. The van der Waals surface area contributed by atoms with E-state index in [4.69, 9.17) is 4.74 Å². The largest absolute Gasteiger partial charge is 0.450 e. The zero-order chi connectivity index (χ0) is 18.0. The lowest BCUT2D eigenvalue weighted by Crippen LogP contribution is -2.51. The number of amides is 2. The van der Waals surface area contributed by atoms with Gasteiger partial charge < -0.3 is 15.4 Å². The van der Waals surface area contributed by atoms with Gasteiger partial charge in [-0.15, -0.1) is 0 Å². The van der Waals surface area contributed by atoms with Crippen molar-refractivity contribution in [3.05, 3.63) is 0 Å². The molecular formula is C20H34N2O3. The summed E-state index contributed by atoms with van der Waals surface area (Å²) in [6.45, 7) is 6.67. The molecule has 0 saturated heterocycles. The fraction of sp³-hybridized carbons (Fsp3) is 0.900. The first-order valence-corrected chi connectivity index (χ1v) is 10.1. The van der Waals surface area contributed by atoms with Gasteiger partial charge in [-0.05, 0) is 81.0 Å². The summed E-state index contributed by atoms with van der Waals surface area (Å²) in [4.78, 5) is 24.2. The summed E-state index contributed by atoms with van der Waals surface area (Å²) in [6, 6.07) is -0.532. The summed E-state index contributed by atoms with van der Waals surface area (Å²) in [7, 11) is 0. The highest BCUT2D eigenvalue weighted by molar-refractivity contribution is 5.85. The Morgan fingerprint density at radius 2 is 1.64 bits per heavy atom. The zero-order valence-electron chi connectivity index (χ0n) is 16.0. The molecule has 142 valence electrons. The molecular weight excluding hydrogens is 316 g/mol. The maximum absolute atomic E-state index is 12.5. The molecule has 4 aliphatic rings. The first-order valence-electron chi connectivity index (χ1n) is 10.1. The Kier molecular flexibility index (Phi) is 5.59. The Bertz CT molecular complexity index is 468. The Balaban J connectivity index is 1.49. The van der Waals surface area contributed by atoms with Crippen LogP contribution >= 0.6 is 0 Å². The van der Waals surface area contributed by atoms with E-state index in [0.717, 1.165) is 30.7 Å². The molecule has 25 heavy (non-hydrogen) atoms. The summed E-state index contributed by atoms with van der Waals surface area (Å²) in [6.07, 6.45) is 9.01. The van der Waals surface area contributed by atoms with Crippen LogP contribution in [0.25, 0.3) is 0 Å². The SMILES string of the molecule is CCOC(=O)NC(C(=O)NCCC12CC3CC(CC(C3)C1)C2)C(C)C. The second kappa shape index (κ2) is 7.55. The molecule has 4 bridgehead atoms. The molecule has 2 N–H and O–H groups in total. The normalized spacial score (nSPS) is 34.0. The van der Waals surface area contributed by atoms with Crippen LogP contribution in [0.2, 0.25) is 0 Å². The first-order chi connectivity index (χ1) is 11.9. The molecule has 4 fully saturated rings. The molecule has 0 spiro atoms. The van der Waals surface area contributed by atoms with Crippen molar-refractivity contribution in [1.82, 2.24) is 10.6 Å². The number of hydrogen-bond acceptors (Lipinski definition) is 3. The number of carbonyl (C=O) groups excluding carboxylic acids is 2. The van der Waals surface area contributed by atoms with E-state index in [1.807, 2.05) is 13.8 Å². The highest BCUT2D eigenvalue weighted by Crippen LogP contribution is 2.61. The van der Waals surface area contributed by atoms with Gasteiger partial charge in [-0.2, -0.15) is 0 Å². The smallest absolute Gasteiger partial charge is 0.407 e. The number of carbonyl (C=O) groups is 2. The van der Waals surface area contributed by atoms with Crippen molar-refractivity contribution in [2.45, 2.75) is 71.8 Å². The van der Waals surface area contributed by atoms with Gasteiger partial charge >= 0.3 is 6.09 Å². The molecule has 4 saturated carbocycles. The maximum Gasteiger partial charge on any atom is 0.407 e. The third-order valence-electron chi connectivity index (χ3n) is 6.62. The minimum Gasteiger partial charge on any atom is -0.450 e. The molecule has 2 amide bonds. The fourth-order valence-corrected chi connectivity index (χ4v) is 5.99. The monoisotopic (exact) mass is 350 g/mol. The Morgan fingerprint density at radius 3 is 2.12 bits per heavy atom. The fourth-order valence-electron chi connectivity index (χ4n) is 5.99. The van der Waals surface area contributed by atoms with Crippen LogP contribution in [-0.4, -0.2) is 31.2 Å². The van der Waals surface area contributed by atoms with Crippen LogP contribution in [0.5, 0.6) is 0 Å². The summed E-state index contributed by atoms with van der Waals surface area (Å²) < 4.78 is 4.91. The van der Waals surface area contributed by atoms with E-state index in [-0.39, 0.29) is 11.8 Å². The van der Waals surface area contributed by atoms with Gasteiger partial charge in [0.2, 0.25) is 5.91 Å². The van der Waals surface area contributed by atoms with Gasteiger partial charge in [-0.3, -0.25) is 4.79 Å². The second-order valence-corrected chi connectivity index (χ2v) is 9.05. The standard InChI is InChI=1S/C20H34N2O3/c1-4-25-19(24)22-17(13(2)3)18(23)21-6-5-20-10-14-7-15(11-20)9-16(8-14)12-20/h13-17H,4-12H2,1-3H3,(H,21,23)(H,22,24). The van der Waals surface area contributed by atoms with E-state index in [2.05, 4.69) is 10.6 Å². The Labute approximate surface area is 151 Å². The summed E-state index contributed by atoms with van der Waals surface area (Å²) >= 11 is 0. The lowest BCUT2D eigenvalue weighted by atomic mass is 9.49. The molecule has 0 radical (unpaired) electrons. The molecule has 0 aromatic carbocycles. The second-order valence-electron chi connectivity index (χ2n) is 9.05. The highest BCUT2D eigenvalue weighted by atomic mass is 16.5. The Morgan fingerprint density at radius 1 is 1.08 bits per heavy atom. The quantitative estimate of drug-likeness (QED) is 0.739. The van der Waals surface area contributed by atoms with Crippen LogP contribution < -0.4 is 10.6 Å². The number of hydrogen-bond donors (Lipinski definition) is 2. The molecule has 4 rings (SSSR count). The predicted octanol–water partition coefficient (Wildman–Crippen LogP) is 3.48. The van der Waals surface area contributed by atoms with Gasteiger partial charge in [-0.1, -0.05) is 13.8 Å². The molecule has 0 aliphatic heterocycles. The van der Waals surface area contributed by atoms with Gasteiger partial charge in [0.05, 0.1) is 6.61 Å². The molecule has 5 nitrogen and oxygen atoms in total. The highest BCUT2D eigenvalue weighted by Gasteiger charge is 2.50. The maximum atomic E-state index is 12.5. The van der Waals surface area contributed by atoms with Crippen molar-refractivity contribution in [2.24, 2.45) is 29.1 Å². The van der Waals surface area contributed by atoms with Crippen LogP contribution in [0.15, 0.2) is 0 Å². The number of alkyl carbamates (subject to hydrolysis) is 1. The average molecular weight is 351 g/mol. The minimum absolute atomic E-state index is 0.0314.